The molecule has 0 aliphatic carbocycles. The highest BCUT2D eigenvalue weighted by atomic mass is 16.5. The highest BCUT2D eigenvalue weighted by Gasteiger charge is 2.34. The average Bonchev–Trinajstić information content (AvgIpc) is 2.69. The minimum atomic E-state index is -0.682. The standard InChI is InChI=1S/C18H20N2O7/c1-10-16(21)19(2)13-6-5-11(7-14(13)27-10)20-9-26-8-12(17(22)24-3)15(20)18(23)25-4/h5-7,10H,8-9H2,1-4H3. The number of methoxy groups -OCH3 is 2. The topological polar surface area (TPSA) is 94.6 Å². The Bertz CT molecular complexity index is 833. The van der Waals surface area contributed by atoms with Crippen LogP contribution in [0, 0.1) is 0 Å². The van der Waals surface area contributed by atoms with Crippen LogP contribution in [-0.2, 0) is 28.6 Å². The van der Waals surface area contributed by atoms with E-state index in [-0.39, 0.29) is 30.5 Å². The summed E-state index contributed by atoms with van der Waals surface area (Å²) < 4.78 is 20.7. The number of likely N-dealkylation sites (N-methyl/N-ethyl adjacent to an activating group) is 1. The van der Waals surface area contributed by atoms with Crippen LogP contribution >= 0.6 is 0 Å². The summed E-state index contributed by atoms with van der Waals surface area (Å²) in [5.41, 5.74) is 1.26. The van der Waals surface area contributed by atoms with E-state index in [0.29, 0.717) is 17.1 Å². The number of esters is 2. The van der Waals surface area contributed by atoms with Crippen molar-refractivity contribution >= 4 is 29.2 Å². The molecule has 2 heterocycles. The van der Waals surface area contributed by atoms with Gasteiger partial charge in [-0.2, -0.15) is 0 Å². The van der Waals surface area contributed by atoms with Crippen LogP contribution in [0.15, 0.2) is 29.5 Å². The van der Waals surface area contributed by atoms with Crippen molar-refractivity contribution < 1.29 is 33.3 Å². The first-order valence-corrected chi connectivity index (χ1v) is 8.22. The van der Waals surface area contributed by atoms with Crippen molar-refractivity contribution in [2.45, 2.75) is 13.0 Å². The number of nitrogens with zero attached hydrogens (tertiary/aromatic N) is 2. The molecule has 27 heavy (non-hydrogen) atoms. The molecule has 1 aromatic carbocycles. The molecule has 1 aromatic rings. The van der Waals surface area contributed by atoms with E-state index in [1.807, 2.05) is 0 Å². The number of benzene rings is 1. The monoisotopic (exact) mass is 376 g/mol. The van der Waals surface area contributed by atoms with Gasteiger partial charge in [-0.3, -0.25) is 4.79 Å². The van der Waals surface area contributed by atoms with Crippen molar-refractivity contribution in [1.29, 1.82) is 0 Å². The van der Waals surface area contributed by atoms with Crippen molar-refractivity contribution in [2.75, 3.05) is 44.4 Å². The minimum absolute atomic E-state index is 0.0358. The predicted octanol–water partition coefficient (Wildman–Crippen LogP) is 0.824. The van der Waals surface area contributed by atoms with E-state index in [1.54, 1.807) is 32.2 Å². The summed E-state index contributed by atoms with van der Waals surface area (Å²) in [6.07, 6.45) is -0.628. The van der Waals surface area contributed by atoms with Gasteiger partial charge in [0.25, 0.3) is 5.91 Å². The number of fused-ring (bicyclic) bond motifs is 1. The summed E-state index contributed by atoms with van der Waals surface area (Å²) in [6.45, 7) is 1.63. The van der Waals surface area contributed by atoms with Gasteiger partial charge in [0.2, 0.25) is 0 Å². The molecule has 0 N–H and O–H groups in total. The first-order valence-electron chi connectivity index (χ1n) is 8.22. The molecule has 0 bridgehead atoms. The largest absolute Gasteiger partial charge is 0.479 e. The lowest BCUT2D eigenvalue weighted by molar-refractivity contribution is -0.140. The van der Waals surface area contributed by atoms with Gasteiger partial charge in [0.1, 0.15) is 18.2 Å². The van der Waals surface area contributed by atoms with Crippen molar-refractivity contribution in [3.63, 3.8) is 0 Å². The van der Waals surface area contributed by atoms with Crippen molar-refractivity contribution in [1.82, 2.24) is 0 Å². The number of hydrogen-bond acceptors (Lipinski definition) is 8. The SMILES string of the molecule is COC(=O)C1=C(C(=O)OC)N(c2ccc3c(c2)OC(C)C(=O)N3C)COC1. The molecule has 2 aliphatic rings. The number of amides is 1. The normalized spacial score (nSPS) is 19.4. The number of carbonyl (C=O) groups is 3. The Balaban J connectivity index is 2.07. The lowest BCUT2D eigenvalue weighted by atomic mass is 10.1. The third-order valence-electron chi connectivity index (χ3n) is 4.43. The summed E-state index contributed by atoms with van der Waals surface area (Å²) in [5, 5.41) is 0. The molecular formula is C18H20N2O7. The zero-order chi connectivity index (χ0) is 19.7. The molecular weight excluding hydrogens is 356 g/mol. The molecule has 2 aliphatic heterocycles. The first kappa shape index (κ1) is 18.7. The van der Waals surface area contributed by atoms with Gasteiger partial charge in [-0.25, -0.2) is 9.59 Å². The summed E-state index contributed by atoms with van der Waals surface area (Å²) in [4.78, 5) is 39.5. The van der Waals surface area contributed by atoms with E-state index < -0.39 is 18.0 Å². The van der Waals surface area contributed by atoms with Gasteiger partial charge < -0.3 is 28.7 Å². The quantitative estimate of drug-likeness (QED) is 0.716. The first-order chi connectivity index (χ1) is 12.9. The van der Waals surface area contributed by atoms with Gasteiger partial charge in [-0.1, -0.05) is 0 Å². The minimum Gasteiger partial charge on any atom is -0.479 e. The molecule has 0 spiro atoms. The van der Waals surface area contributed by atoms with Crippen LogP contribution in [0.1, 0.15) is 6.92 Å². The predicted molar refractivity (Wildman–Crippen MR) is 94.3 cm³/mol. The molecule has 1 unspecified atom stereocenters. The van der Waals surface area contributed by atoms with Crippen molar-refractivity contribution in [3.8, 4) is 5.75 Å². The van der Waals surface area contributed by atoms with Crippen LogP contribution in [0.25, 0.3) is 0 Å². The van der Waals surface area contributed by atoms with Crippen LogP contribution < -0.4 is 14.5 Å². The molecule has 1 atom stereocenters. The number of carbonyl (C=O) groups excluding carboxylic acids is 3. The van der Waals surface area contributed by atoms with Gasteiger partial charge in [0.05, 0.1) is 32.1 Å². The fourth-order valence-corrected chi connectivity index (χ4v) is 3.02. The Hall–Kier alpha value is -3.07. The van der Waals surface area contributed by atoms with Crippen LogP contribution in [0.4, 0.5) is 11.4 Å². The van der Waals surface area contributed by atoms with Crippen LogP contribution in [0.3, 0.4) is 0 Å². The Morgan fingerprint density at radius 1 is 1.19 bits per heavy atom. The molecule has 0 fully saturated rings. The molecule has 0 aromatic heterocycles. The molecule has 9 nitrogen and oxygen atoms in total. The fourth-order valence-electron chi connectivity index (χ4n) is 3.02. The Kier molecular flexibility index (Phi) is 5.04. The molecule has 3 rings (SSSR count). The number of ether oxygens (including phenoxy) is 4. The van der Waals surface area contributed by atoms with Crippen LogP contribution in [-0.4, -0.2) is 58.6 Å². The second-order valence-corrected chi connectivity index (χ2v) is 6.03. The van der Waals surface area contributed by atoms with Gasteiger partial charge in [0.15, 0.2) is 6.10 Å². The van der Waals surface area contributed by atoms with Gasteiger partial charge >= 0.3 is 11.9 Å². The molecule has 0 radical (unpaired) electrons. The van der Waals surface area contributed by atoms with E-state index >= 15 is 0 Å². The fraction of sp³-hybridized carbons (Fsp3) is 0.389. The number of rotatable bonds is 3. The second kappa shape index (κ2) is 7.28. The second-order valence-electron chi connectivity index (χ2n) is 6.03. The van der Waals surface area contributed by atoms with Gasteiger partial charge in [0, 0.05) is 18.8 Å². The van der Waals surface area contributed by atoms with Gasteiger partial charge in [-0.05, 0) is 19.1 Å². The van der Waals surface area contributed by atoms with Crippen molar-refractivity contribution in [2.24, 2.45) is 0 Å². The van der Waals surface area contributed by atoms with E-state index in [9.17, 15) is 14.4 Å². The van der Waals surface area contributed by atoms with E-state index in [1.165, 1.54) is 24.0 Å². The van der Waals surface area contributed by atoms with Crippen LogP contribution in [0.2, 0.25) is 0 Å². The lowest BCUT2D eigenvalue weighted by Gasteiger charge is -2.34. The number of hydrogen-bond donors (Lipinski definition) is 0. The maximum absolute atomic E-state index is 12.3. The maximum Gasteiger partial charge on any atom is 0.355 e. The zero-order valence-electron chi connectivity index (χ0n) is 15.5. The summed E-state index contributed by atoms with van der Waals surface area (Å²) in [5.74, 6) is -1.03. The Morgan fingerprint density at radius 2 is 1.89 bits per heavy atom. The molecule has 1 amide bonds. The molecule has 0 saturated carbocycles. The summed E-state index contributed by atoms with van der Waals surface area (Å²) >= 11 is 0. The maximum atomic E-state index is 12.3. The van der Waals surface area contributed by atoms with E-state index in [4.69, 9.17) is 18.9 Å². The average molecular weight is 376 g/mol. The summed E-state index contributed by atoms with van der Waals surface area (Å²) in [7, 11) is 4.12. The zero-order valence-corrected chi connectivity index (χ0v) is 15.5. The highest BCUT2D eigenvalue weighted by Crippen LogP contribution is 2.38. The smallest absolute Gasteiger partial charge is 0.355 e. The third-order valence-corrected chi connectivity index (χ3v) is 4.43. The van der Waals surface area contributed by atoms with E-state index in [2.05, 4.69) is 0 Å². The molecule has 144 valence electrons. The Morgan fingerprint density at radius 3 is 2.56 bits per heavy atom. The van der Waals surface area contributed by atoms with Crippen molar-refractivity contribution in [3.05, 3.63) is 29.5 Å². The van der Waals surface area contributed by atoms with Gasteiger partial charge in [-0.15, -0.1) is 0 Å². The van der Waals surface area contributed by atoms with Crippen LogP contribution in [0.5, 0.6) is 5.75 Å². The number of anilines is 2. The lowest BCUT2D eigenvalue weighted by Crippen LogP contribution is -2.42. The Labute approximate surface area is 156 Å². The highest BCUT2D eigenvalue weighted by molar-refractivity contribution is 6.04. The van der Waals surface area contributed by atoms with E-state index in [0.717, 1.165) is 0 Å². The summed E-state index contributed by atoms with van der Waals surface area (Å²) in [6, 6.07) is 5.09. The molecule has 9 heteroatoms. The third kappa shape index (κ3) is 3.21. The molecule has 0 saturated heterocycles.